The lowest BCUT2D eigenvalue weighted by atomic mass is 10.1. The number of hydrogen-bond donors (Lipinski definition) is 2. The molecule has 3 aromatic rings. The van der Waals surface area contributed by atoms with E-state index in [1.165, 1.54) is 23.1 Å². The normalized spacial score (nSPS) is 13.4. The van der Waals surface area contributed by atoms with Crippen LogP contribution in [0.5, 0.6) is 0 Å². The Bertz CT molecular complexity index is 1000. The molecule has 2 heterocycles. The zero-order valence-corrected chi connectivity index (χ0v) is 17.7. The Hall–Kier alpha value is -2.16. The van der Waals surface area contributed by atoms with E-state index in [2.05, 4.69) is 15.3 Å². The number of hydrogen-bond acceptors (Lipinski definition) is 6. The van der Waals surface area contributed by atoms with E-state index in [-0.39, 0.29) is 22.8 Å². The van der Waals surface area contributed by atoms with Crippen LogP contribution in [0.25, 0.3) is 21.3 Å². The van der Waals surface area contributed by atoms with Crippen LogP contribution in [0.4, 0.5) is 0 Å². The molecule has 0 bridgehead atoms. The van der Waals surface area contributed by atoms with Crippen molar-refractivity contribution in [3.05, 3.63) is 51.9 Å². The summed E-state index contributed by atoms with van der Waals surface area (Å²) in [7, 11) is 1.60. The first-order valence-electron chi connectivity index (χ1n) is 8.96. The van der Waals surface area contributed by atoms with E-state index in [1.807, 2.05) is 49.6 Å². The number of carbonyl (C=O) groups excluding carboxylic acids is 1. The topological polar surface area (TPSA) is 84.1 Å². The van der Waals surface area contributed by atoms with Crippen LogP contribution in [0, 0.1) is 0 Å². The molecule has 28 heavy (non-hydrogen) atoms. The van der Waals surface area contributed by atoms with Gasteiger partial charge in [-0.3, -0.25) is 9.59 Å². The Morgan fingerprint density at radius 1 is 1.32 bits per heavy atom. The summed E-state index contributed by atoms with van der Waals surface area (Å²) in [4.78, 5) is 33.0. The maximum Gasteiger partial charge on any atom is 0.260 e. The average molecular weight is 418 g/mol. The number of fused-ring (bicyclic) bond motifs is 1. The van der Waals surface area contributed by atoms with Crippen LogP contribution in [0.1, 0.15) is 19.7 Å². The first-order valence-corrected chi connectivity index (χ1v) is 10.9. The van der Waals surface area contributed by atoms with E-state index in [4.69, 9.17) is 4.74 Å². The lowest BCUT2D eigenvalue weighted by Crippen LogP contribution is -2.40. The molecule has 8 heteroatoms. The molecule has 0 spiro atoms. The van der Waals surface area contributed by atoms with Gasteiger partial charge in [0.05, 0.1) is 23.0 Å². The van der Waals surface area contributed by atoms with Gasteiger partial charge < -0.3 is 15.0 Å². The van der Waals surface area contributed by atoms with Gasteiger partial charge in [0.25, 0.3) is 5.56 Å². The van der Waals surface area contributed by atoms with Gasteiger partial charge in [-0.2, -0.15) is 0 Å². The Balaban J connectivity index is 1.71. The maximum atomic E-state index is 12.7. The van der Waals surface area contributed by atoms with Gasteiger partial charge >= 0.3 is 0 Å². The fourth-order valence-corrected chi connectivity index (χ4v) is 4.55. The van der Waals surface area contributed by atoms with E-state index in [1.54, 1.807) is 7.11 Å². The number of carbonyl (C=O) groups is 1. The lowest BCUT2D eigenvalue weighted by molar-refractivity contribution is -0.121. The summed E-state index contributed by atoms with van der Waals surface area (Å²) in [6.07, 6.45) is 0. The fraction of sp³-hybridized carbons (Fsp3) is 0.350. The molecule has 0 aliphatic carbocycles. The minimum atomic E-state index is -0.261. The predicted octanol–water partition coefficient (Wildman–Crippen LogP) is 3.42. The minimum absolute atomic E-state index is 0.0441. The monoisotopic (exact) mass is 417 g/mol. The number of amides is 1. The number of nitrogens with zero attached hydrogens (tertiary/aromatic N) is 1. The Labute approximate surface area is 171 Å². The molecule has 0 radical (unpaired) electrons. The molecule has 0 aliphatic rings. The SMILES string of the molecule is COC[C@@H](C)NC(=O)[C@H](C)SCc1nc2scc(-c3ccccc3)c2c(=O)[nH]1. The van der Waals surface area contributed by atoms with Gasteiger partial charge in [0.1, 0.15) is 10.7 Å². The van der Waals surface area contributed by atoms with Gasteiger partial charge in [0.2, 0.25) is 5.91 Å². The molecule has 2 N–H and O–H groups in total. The van der Waals surface area contributed by atoms with Crippen molar-refractivity contribution in [3.63, 3.8) is 0 Å². The third kappa shape index (κ3) is 4.81. The summed E-state index contributed by atoms with van der Waals surface area (Å²) in [6.45, 7) is 4.21. The second kappa shape index (κ2) is 9.36. The van der Waals surface area contributed by atoms with E-state index >= 15 is 0 Å². The van der Waals surface area contributed by atoms with Crippen LogP contribution in [-0.4, -0.2) is 40.9 Å². The van der Waals surface area contributed by atoms with E-state index in [0.29, 0.717) is 28.4 Å². The smallest absolute Gasteiger partial charge is 0.260 e. The van der Waals surface area contributed by atoms with Gasteiger partial charge in [0.15, 0.2) is 0 Å². The van der Waals surface area contributed by atoms with Gasteiger partial charge in [-0.1, -0.05) is 30.3 Å². The molecule has 0 aliphatic heterocycles. The minimum Gasteiger partial charge on any atom is -0.383 e. The molecule has 3 rings (SSSR count). The van der Waals surface area contributed by atoms with Crippen LogP contribution in [-0.2, 0) is 15.3 Å². The number of thioether (sulfide) groups is 1. The van der Waals surface area contributed by atoms with Gasteiger partial charge in [-0.15, -0.1) is 23.1 Å². The molecule has 0 unspecified atom stereocenters. The number of thiophene rings is 1. The first-order chi connectivity index (χ1) is 13.5. The molecule has 1 amide bonds. The standard InChI is InChI=1S/C20H23N3O3S2/c1-12(9-26-3)21-18(24)13(2)27-11-16-22-19(25)17-15(10-28-20(17)23-16)14-7-5-4-6-8-14/h4-8,10,12-13H,9,11H2,1-3H3,(H,21,24)(H,22,23,25)/t12-,13+/m1/s1. The Kier molecular flexibility index (Phi) is 6.88. The summed E-state index contributed by atoms with van der Waals surface area (Å²) < 4.78 is 5.03. The summed E-state index contributed by atoms with van der Waals surface area (Å²) in [5, 5.41) is 5.22. The average Bonchev–Trinajstić information content (AvgIpc) is 3.11. The van der Waals surface area contributed by atoms with E-state index in [9.17, 15) is 9.59 Å². The van der Waals surface area contributed by atoms with Crippen molar-refractivity contribution in [3.8, 4) is 11.1 Å². The molecule has 2 atom stereocenters. The summed E-state index contributed by atoms with van der Waals surface area (Å²) in [6, 6.07) is 9.77. The number of aromatic nitrogens is 2. The third-order valence-corrected chi connectivity index (χ3v) is 6.25. The molecule has 0 saturated heterocycles. The molecule has 148 valence electrons. The second-order valence-corrected chi connectivity index (χ2v) is 8.71. The molecule has 1 aromatic carbocycles. The predicted molar refractivity (Wildman–Crippen MR) is 116 cm³/mol. The van der Waals surface area contributed by atoms with Crippen LogP contribution in [0.2, 0.25) is 0 Å². The maximum absolute atomic E-state index is 12.7. The third-order valence-electron chi connectivity index (χ3n) is 4.22. The Morgan fingerprint density at radius 2 is 2.07 bits per heavy atom. The highest BCUT2D eigenvalue weighted by molar-refractivity contribution is 7.99. The van der Waals surface area contributed by atoms with Crippen LogP contribution in [0.15, 0.2) is 40.5 Å². The first kappa shape index (κ1) is 20.6. The van der Waals surface area contributed by atoms with Crippen LogP contribution >= 0.6 is 23.1 Å². The highest BCUT2D eigenvalue weighted by atomic mass is 32.2. The van der Waals surface area contributed by atoms with Gasteiger partial charge in [-0.25, -0.2) is 4.98 Å². The van der Waals surface area contributed by atoms with Crippen molar-refractivity contribution >= 4 is 39.2 Å². The van der Waals surface area contributed by atoms with Gasteiger partial charge in [0, 0.05) is 24.1 Å². The highest BCUT2D eigenvalue weighted by Crippen LogP contribution is 2.30. The van der Waals surface area contributed by atoms with Crippen molar-refractivity contribution in [1.82, 2.24) is 15.3 Å². The van der Waals surface area contributed by atoms with Gasteiger partial charge in [-0.05, 0) is 19.4 Å². The zero-order valence-electron chi connectivity index (χ0n) is 16.0. The molecule has 6 nitrogen and oxygen atoms in total. The van der Waals surface area contributed by atoms with Crippen molar-refractivity contribution in [2.45, 2.75) is 30.9 Å². The number of nitrogens with one attached hydrogen (secondary N) is 2. The summed E-state index contributed by atoms with van der Waals surface area (Å²) in [5.74, 6) is 0.978. The van der Waals surface area contributed by atoms with Crippen LogP contribution in [0.3, 0.4) is 0 Å². The largest absolute Gasteiger partial charge is 0.383 e. The molecule has 0 fully saturated rings. The number of H-pyrrole nitrogens is 1. The molecular formula is C20H23N3O3S2. The van der Waals surface area contributed by atoms with Crippen molar-refractivity contribution < 1.29 is 9.53 Å². The highest BCUT2D eigenvalue weighted by Gasteiger charge is 2.17. The molecule has 2 aromatic heterocycles. The lowest BCUT2D eigenvalue weighted by Gasteiger charge is -2.16. The Morgan fingerprint density at radius 3 is 2.79 bits per heavy atom. The van der Waals surface area contributed by atoms with E-state index < -0.39 is 0 Å². The van der Waals surface area contributed by atoms with Crippen molar-refractivity contribution in [2.24, 2.45) is 0 Å². The second-order valence-electron chi connectivity index (χ2n) is 6.53. The number of ether oxygens (including phenoxy) is 1. The van der Waals surface area contributed by atoms with Crippen molar-refractivity contribution in [2.75, 3.05) is 13.7 Å². The zero-order chi connectivity index (χ0) is 20.1. The summed E-state index contributed by atoms with van der Waals surface area (Å²) in [5.41, 5.74) is 1.75. The number of methoxy groups -OCH3 is 1. The quantitative estimate of drug-likeness (QED) is 0.587. The molecular weight excluding hydrogens is 394 g/mol. The number of rotatable bonds is 8. The summed E-state index contributed by atoms with van der Waals surface area (Å²) >= 11 is 2.90. The van der Waals surface area contributed by atoms with Crippen molar-refractivity contribution in [1.29, 1.82) is 0 Å². The number of benzene rings is 1. The van der Waals surface area contributed by atoms with E-state index in [0.717, 1.165) is 11.1 Å². The molecule has 0 saturated carbocycles. The fourth-order valence-electron chi connectivity index (χ4n) is 2.82. The number of aromatic amines is 1. The van der Waals surface area contributed by atoms with Crippen LogP contribution < -0.4 is 10.9 Å².